The molecule has 2 aliphatic heterocycles. The summed E-state index contributed by atoms with van der Waals surface area (Å²) in [6.07, 6.45) is 25.3. The zero-order valence-corrected chi connectivity index (χ0v) is 32.4. The van der Waals surface area contributed by atoms with Crippen LogP contribution in [-0.2, 0) is 11.3 Å². The molecule has 1 aliphatic carbocycles. The Morgan fingerprint density at radius 3 is 2.50 bits per heavy atom. The third-order valence-corrected chi connectivity index (χ3v) is 10.7. The third kappa shape index (κ3) is 8.34. The zero-order chi connectivity index (χ0) is 38.0. The number of ether oxygens (including phenoxy) is 1. The van der Waals surface area contributed by atoms with Gasteiger partial charge in [0.15, 0.2) is 0 Å². The molecule has 2 bridgehead atoms. The molecule has 3 atom stereocenters. The van der Waals surface area contributed by atoms with Crippen molar-refractivity contribution in [3.8, 4) is 11.1 Å². The minimum Gasteiger partial charge on any atom is -0.381 e. The molecule has 274 valence electrons. The molecule has 2 heterocycles. The summed E-state index contributed by atoms with van der Waals surface area (Å²) in [6.45, 7) is 21.0. The first-order valence-corrected chi connectivity index (χ1v) is 19.2. The van der Waals surface area contributed by atoms with Gasteiger partial charge in [0.2, 0.25) is 0 Å². The SMILES string of the molecule is C=C/C=C\C(=C/C)c1cc(C(C)CC)c(-c2ccccc2CNC(C(=C)C(=C)/C=C\C=C/COC)c2ccc3ccccc3c2)c2c1NC1C=CC2=CC1. The van der Waals surface area contributed by atoms with E-state index in [1.54, 1.807) is 7.11 Å². The van der Waals surface area contributed by atoms with Gasteiger partial charge in [0.05, 0.1) is 18.3 Å². The van der Waals surface area contributed by atoms with Crippen molar-refractivity contribution in [1.82, 2.24) is 5.32 Å². The van der Waals surface area contributed by atoms with E-state index in [2.05, 4.69) is 154 Å². The zero-order valence-electron chi connectivity index (χ0n) is 32.4. The number of hydrogen-bond donors (Lipinski definition) is 2. The largest absolute Gasteiger partial charge is 0.381 e. The van der Waals surface area contributed by atoms with Gasteiger partial charge in [-0.05, 0) is 98.7 Å². The molecule has 0 aromatic heterocycles. The fraction of sp³-hybridized carbons (Fsp3) is 0.216. The number of allylic oxidation sites excluding steroid dienone is 10. The maximum absolute atomic E-state index is 5.17. The fourth-order valence-electron chi connectivity index (χ4n) is 7.53. The summed E-state index contributed by atoms with van der Waals surface area (Å²) >= 11 is 0. The molecule has 7 rings (SSSR count). The maximum Gasteiger partial charge on any atom is 0.0646 e. The van der Waals surface area contributed by atoms with Crippen molar-refractivity contribution < 1.29 is 4.74 Å². The molecule has 0 amide bonds. The van der Waals surface area contributed by atoms with Gasteiger partial charge in [0, 0.05) is 30.8 Å². The smallest absolute Gasteiger partial charge is 0.0646 e. The number of anilines is 1. The monoisotopic (exact) mass is 710 g/mol. The molecular formula is C51H54N2O. The van der Waals surface area contributed by atoms with E-state index >= 15 is 0 Å². The normalized spacial score (nSPS) is 16.4. The summed E-state index contributed by atoms with van der Waals surface area (Å²) < 4.78 is 5.17. The predicted octanol–water partition coefficient (Wildman–Crippen LogP) is 13.0. The van der Waals surface area contributed by atoms with Gasteiger partial charge in [0.1, 0.15) is 0 Å². The highest BCUT2D eigenvalue weighted by Crippen LogP contribution is 2.49. The number of nitrogens with one attached hydrogen (secondary N) is 2. The van der Waals surface area contributed by atoms with Crippen molar-refractivity contribution in [3.63, 3.8) is 0 Å². The van der Waals surface area contributed by atoms with Crippen molar-refractivity contribution in [1.29, 1.82) is 0 Å². The van der Waals surface area contributed by atoms with E-state index in [0.29, 0.717) is 19.1 Å². The Hall–Kier alpha value is -5.48. The van der Waals surface area contributed by atoms with Gasteiger partial charge in [-0.2, -0.15) is 0 Å². The highest BCUT2D eigenvalue weighted by atomic mass is 16.5. The minimum absolute atomic E-state index is 0.159. The second-order valence-corrected chi connectivity index (χ2v) is 14.2. The van der Waals surface area contributed by atoms with E-state index < -0.39 is 0 Å². The predicted molar refractivity (Wildman–Crippen MR) is 235 cm³/mol. The molecule has 4 aromatic rings. The molecular weight excluding hydrogens is 657 g/mol. The van der Waals surface area contributed by atoms with Gasteiger partial charge in [-0.15, -0.1) is 0 Å². The van der Waals surface area contributed by atoms with Crippen LogP contribution in [0.5, 0.6) is 0 Å². The molecule has 3 heteroatoms. The van der Waals surface area contributed by atoms with E-state index in [4.69, 9.17) is 4.74 Å². The Bertz CT molecular complexity index is 2220. The van der Waals surface area contributed by atoms with Gasteiger partial charge >= 0.3 is 0 Å². The number of benzene rings is 4. The van der Waals surface area contributed by atoms with Crippen molar-refractivity contribution in [2.45, 2.75) is 58.2 Å². The molecule has 54 heavy (non-hydrogen) atoms. The average molecular weight is 711 g/mol. The molecule has 0 saturated heterocycles. The van der Waals surface area contributed by atoms with Gasteiger partial charge in [-0.1, -0.05) is 161 Å². The maximum atomic E-state index is 5.17. The molecule has 2 N–H and O–H groups in total. The van der Waals surface area contributed by atoms with E-state index in [1.165, 1.54) is 61.0 Å². The van der Waals surface area contributed by atoms with Gasteiger partial charge in [0.25, 0.3) is 0 Å². The lowest BCUT2D eigenvalue weighted by atomic mass is 9.79. The molecule has 3 aliphatic rings. The van der Waals surface area contributed by atoms with Crippen LogP contribution in [0.3, 0.4) is 0 Å². The van der Waals surface area contributed by atoms with E-state index in [1.807, 2.05) is 36.5 Å². The lowest BCUT2D eigenvalue weighted by Gasteiger charge is -2.28. The summed E-state index contributed by atoms with van der Waals surface area (Å²) in [7, 11) is 1.70. The lowest BCUT2D eigenvalue weighted by Crippen LogP contribution is -2.23. The Morgan fingerprint density at radius 2 is 1.76 bits per heavy atom. The molecule has 0 radical (unpaired) electrons. The van der Waals surface area contributed by atoms with Crippen LogP contribution in [0.25, 0.3) is 33.0 Å². The Morgan fingerprint density at radius 1 is 0.963 bits per heavy atom. The van der Waals surface area contributed by atoms with Crippen molar-refractivity contribution >= 4 is 27.6 Å². The molecule has 3 unspecified atom stereocenters. The first-order chi connectivity index (χ1) is 26.4. The van der Waals surface area contributed by atoms with Gasteiger partial charge in [-0.3, -0.25) is 0 Å². The van der Waals surface area contributed by atoms with Crippen LogP contribution in [0.4, 0.5) is 5.69 Å². The van der Waals surface area contributed by atoms with Crippen LogP contribution in [0.15, 0.2) is 171 Å². The quantitative estimate of drug-likeness (QED) is 0.114. The molecule has 0 fully saturated rings. The summed E-state index contributed by atoms with van der Waals surface area (Å²) in [5.74, 6) is 0.342. The van der Waals surface area contributed by atoms with E-state index in [9.17, 15) is 0 Å². The second kappa shape index (κ2) is 18.0. The van der Waals surface area contributed by atoms with Crippen LogP contribution in [-0.4, -0.2) is 19.8 Å². The average Bonchev–Trinajstić information content (AvgIpc) is 3.51. The second-order valence-electron chi connectivity index (χ2n) is 14.2. The van der Waals surface area contributed by atoms with E-state index in [-0.39, 0.29) is 12.1 Å². The third-order valence-electron chi connectivity index (χ3n) is 10.7. The number of fused-ring (bicyclic) bond motifs is 2. The van der Waals surface area contributed by atoms with Gasteiger partial charge < -0.3 is 15.4 Å². The first-order valence-electron chi connectivity index (χ1n) is 19.2. The van der Waals surface area contributed by atoms with Crippen LogP contribution in [0.1, 0.15) is 73.4 Å². The van der Waals surface area contributed by atoms with Crippen LogP contribution in [0.2, 0.25) is 0 Å². The number of rotatable bonds is 16. The van der Waals surface area contributed by atoms with Gasteiger partial charge in [-0.25, -0.2) is 0 Å². The summed E-state index contributed by atoms with van der Waals surface area (Å²) in [5, 5.41) is 10.4. The van der Waals surface area contributed by atoms with E-state index in [0.717, 1.165) is 29.6 Å². The molecule has 3 nitrogen and oxygen atoms in total. The molecule has 0 saturated carbocycles. The Balaban J connectivity index is 1.47. The lowest BCUT2D eigenvalue weighted by molar-refractivity contribution is 0.234. The Labute approximate surface area is 323 Å². The van der Waals surface area contributed by atoms with Crippen LogP contribution in [0, 0.1) is 0 Å². The summed E-state index contributed by atoms with van der Waals surface area (Å²) in [6, 6.07) is 26.7. The molecule has 0 spiro atoms. The van der Waals surface area contributed by atoms with Crippen molar-refractivity contribution in [3.05, 3.63) is 198 Å². The first kappa shape index (κ1) is 38.3. The standard InChI is InChI=1S/C51H54N2O/c1-8-11-20-38(10-3)47-33-46(35(4)9-2)49(48-40-27-29-44(30-28-40)53-51(47)48)45-24-17-16-23-43(45)34-52-50(37(6)36(5)19-13-12-18-31-54-7)42-26-25-39-21-14-15-22-41(39)32-42/h8,10-29,32-33,35,44,50,52-53H,1,5-6,9,30-31,34H2,2-4,7H3/b18-12-,19-13-,20-11-,38-10+. The highest BCUT2D eigenvalue weighted by Gasteiger charge is 2.29. The topological polar surface area (TPSA) is 33.3 Å². The number of methoxy groups -OCH3 is 1. The minimum atomic E-state index is -0.159. The van der Waals surface area contributed by atoms with Crippen LogP contribution >= 0.6 is 0 Å². The molecule has 4 aromatic carbocycles. The van der Waals surface area contributed by atoms with Crippen molar-refractivity contribution in [2.75, 3.05) is 19.0 Å². The highest BCUT2D eigenvalue weighted by molar-refractivity contribution is 6.01. The van der Waals surface area contributed by atoms with Crippen molar-refractivity contribution in [2.24, 2.45) is 0 Å². The summed E-state index contributed by atoms with van der Waals surface area (Å²) in [4.78, 5) is 0. The summed E-state index contributed by atoms with van der Waals surface area (Å²) in [5.41, 5.74) is 14.3. The van der Waals surface area contributed by atoms with Crippen LogP contribution < -0.4 is 10.6 Å². The fourth-order valence-corrected chi connectivity index (χ4v) is 7.53. The Kier molecular flexibility index (Phi) is 12.8. The number of hydrogen-bond acceptors (Lipinski definition) is 3.